The molecule has 2 aromatic rings. The Labute approximate surface area is 134 Å². The normalized spacial score (nSPS) is 16.8. The van der Waals surface area contributed by atoms with E-state index in [-0.39, 0.29) is 11.0 Å². The van der Waals surface area contributed by atoms with Crippen LogP contribution in [0.2, 0.25) is 0 Å². The van der Waals surface area contributed by atoms with E-state index in [9.17, 15) is 0 Å². The molecule has 0 radical (unpaired) electrons. The predicted molar refractivity (Wildman–Crippen MR) is 98.0 cm³/mol. The number of aromatic nitrogens is 1. The van der Waals surface area contributed by atoms with Gasteiger partial charge in [-0.05, 0) is 31.9 Å². The van der Waals surface area contributed by atoms with E-state index in [1.807, 2.05) is 0 Å². The number of hydrogen-bond acceptors (Lipinski definition) is 0. The Morgan fingerprint density at radius 1 is 1.00 bits per heavy atom. The molecular formula is C21H27N. The molecular weight excluding hydrogens is 266 g/mol. The maximum Gasteiger partial charge on any atom is 0.0496 e. The van der Waals surface area contributed by atoms with Crippen LogP contribution >= 0.6 is 0 Å². The fourth-order valence-corrected chi connectivity index (χ4v) is 3.42. The number of para-hydroxylation sites is 1. The van der Waals surface area contributed by atoms with Crippen LogP contribution in [0.1, 0.15) is 58.7 Å². The van der Waals surface area contributed by atoms with Crippen molar-refractivity contribution in [2.75, 3.05) is 0 Å². The van der Waals surface area contributed by atoms with E-state index in [2.05, 4.69) is 87.8 Å². The zero-order chi connectivity index (χ0) is 16.0. The van der Waals surface area contributed by atoms with Crippen LogP contribution in [0.3, 0.4) is 0 Å². The molecule has 116 valence electrons. The van der Waals surface area contributed by atoms with Crippen molar-refractivity contribution in [2.45, 2.75) is 53.0 Å². The van der Waals surface area contributed by atoms with E-state index in [0.29, 0.717) is 0 Å². The van der Waals surface area contributed by atoms with Gasteiger partial charge in [-0.1, -0.05) is 64.1 Å². The van der Waals surface area contributed by atoms with Crippen LogP contribution in [0.5, 0.6) is 0 Å². The summed E-state index contributed by atoms with van der Waals surface area (Å²) in [5.74, 6) is 0. The summed E-state index contributed by atoms with van der Waals surface area (Å²) < 4.78 is 2.57. The van der Waals surface area contributed by atoms with Gasteiger partial charge in [-0.2, -0.15) is 0 Å². The second-order valence-electron chi connectivity index (χ2n) is 7.34. The Bertz CT molecular complexity index is 752. The SMILES string of the molecule is CCC(C)(CC)n1c2c(c3ccccc31)C=CC(C)(C)C=C2. The van der Waals surface area contributed by atoms with Crippen molar-refractivity contribution < 1.29 is 0 Å². The molecule has 0 spiro atoms. The highest BCUT2D eigenvalue weighted by molar-refractivity contribution is 5.95. The standard InChI is InChI=1S/C21H27N/c1-6-21(5,7-2)22-18-11-9-8-10-16(18)17-12-14-20(3,4)15-13-19(17)22/h8-15H,6-7H2,1-5H3. The van der Waals surface area contributed by atoms with Gasteiger partial charge in [0, 0.05) is 33.1 Å². The van der Waals surface area contributed by atoms with Gasteiger partial charge in [0.15, 0.2) is 0 Å². The highest BCUT2D eigenvalue weighted by Crippen LogP contribution is 2.39. The maximum atomic E-state index is 2.57. The zero-order valence-electron chi connectivity index (χ0n) is 14.5. The minimum atomic E-state index is 0.111. The van der Waals surface area contributed by atoms with Crippen LogP contribution in [-0.4, -0.2) is 4.57 Å². The first-order valence-electron chi connectivity index (χ1n) is 8.44. The molecule has 0 N–H and O–H groups in total. The van der Waals surface area contributed by atoms with Crippen molar-refractivity contribution in [3.63, 3.8) is 0 Å². The summed E-state index contributed by atoms with van der Waals surface area (Å²) in [6.45, 7) is 11.5. The number of benzene rings is 1. The molecule has 3 rings (SSSR count). The summed E-state index contributed by atoms with van der Waals surface area (Å²) in [5, 5.41) is 1.37. The summed E-state index contributed by atoms with van der Waals surface area (Å²) in [5.41, 5.74) is 4.34. The third-order valence-corrected chi connectivity index (χ3v) is 5.37. The number of fused-ring (bicyclic) bond motifs is 3. The molecule has 1 heteroatoms. The smallest absolute Gasteiger partial charge is 0.0496 e. The fraction of sp³-hybridized carbons (Fsp3) is 0.429. The van der Waals surface area contributed by atoms with Crippen molar-refractivity contribution in [3.8, 4) is 0 Å². The van der Waals surface area contributed by atoms with E-state index in [1.54, 1.807) is 0 Å². The van der Waals surface area contributed by atoms with Gasteiger partial charge in [0.2, 0.25) is 0 Å². The Morgan fingerprint density at radius 2 is 1.64 bits per heavy atom. The molecule has 0 saturated heterocycles. The third kappa shape index (κ3) is 2.24. The van der Waals surface area contributed by atoms with Crippen LogP contribution in [0.25, 0.3) is 23.1 Å². The predicted octanol–water partition coefficient (Wildman–Crippen LogP) is 6.24. The minimum Gasteiger partial charge on any atom is -0.335 e. The Kier molecular flexibility index (Phi) is 3.55. The lowest BCUT2D eigenvalue weighted by molar-refractivity contribution is 0.302. The van der Waals surface area contributed by atoms with E-state index < -0.39 is 0 Å². The molecule has 22 heavy (non-hydrogen) atoms. The number of nitrogens with zero attached hydrogens (tertiary/aromatic N) is 1. The number of rotatable bonds is 3. The van der Waals surface area contributed by atoms with Gasteiger partial charge in [-0.25, -0.2) is 0 Å². The van der Waals surface area contributed by atoms with Gasteiger partial charge >= 0.3 is 0 Å². The summed E-state index contributed by atoms with van der Waals surface area (Å²) in [6.07, 6.45) is 11.6. The molecule has 0 saturated carbocycles. The lowest BCUT2D eigenvalue weighted by atomic mass is 9.92. The minimum absolute atomic E-state index is 0.111. The second-order valence-corrected chi connectivity index (χ2v) is 7.34. The summed E-state index contributed by atoms with van der Waals surface area (Å²) >= 11 is 0. The van der Waals surface area contributed by atoms with Crippen molar-refractivity contribution in [3.05, 3.63) is 47.7 Å². The Balaban J connectivity index is 2.39. The van der Waals surface area contributed by atoms with Crippen molar-refractivity contribution in [1.82, 2.24) is 4.57 Å². The van der Waals surface area contributed by atoms with E-state index >= 15 is 0 Å². The lowest BCUT2D eigenvalue weighted by Crippen LogP contribution is -2.29. The van der Waals surface area contributed by atoms with Gasteiger partial charge < -0.3 is 4.57 Å². The van der Waals surface area contributed by atoms with Crippen molar-refractivity contribution in [1.29, 1.82) is 0 Å². The molecule has 1 aromatic carbocycles. The highest BCUT2D eigenvalue weighted by atomic mass is 15.1. The summed E-state index contributed by atoms with van der Waals surface area (Å²) in [6, 6.07) is 8.82. The van der Waals surface area contributed by atoms with E-state index in [0.717, 1.165) is 12.8 Å². The third-order valence-electron chi connectivity index (χ3n) is 5.37. The summed E-state index contributed by atoms with van der Waals surface area (Å²) in [7, 11) is 0. The van der Waals surface area contributed by atoms with Crippen LogP contribution in [0.4, 0.5) is 0 Å². The quantitative estimate of drug-likeness (QED) is 0.631. The van der Waals surface area contributed by atoms with Crippen LogP contribution in [0.15, 0.2) is 36.4 Å². The monoisotopic (exact) mass is 293 g/mol. The average Bonchev–Trinajstić information content (AvgIpc) is 2.75. The van der Waals surface area contributed by atoms with Crippen LogP contribution in [-0.2, 0) is 5.54 Å². The average molecular weight is 293 g/mol. The molecule has 0 unspecified atom stereocenters. The highest BCUT2D eigenvalue weighted by Gasteiger charge is 2.28. The fourth-order valence-electron chi connectivity index (χ4n) is 3.42. The maximum absolute atomic E-state index is 2.57. The van der Waals surface area contributed by atoms with Gasteiger partial charge in [-0.3, -0.25) is 0 Å². The first kappa shape index (κ1) is 15.1. The van der Waals surface area contributed by atoms with Crippen LogP contribution in [0, 0.1) is 5.41 Å². The molecule has 1 aliphatic rings. The Hall–Kier alpha value is -1.76. The van der Waals surface area contributed by atoms with Gasteiger partial charge in [-0.15, -0.1) is 0 Å². The lowest BCUT2D eigenvalue weighted by Gasteiger charge is -2.32. The molecule has 1 aromatic heterocycles. The first-order valence-corrected chi connectivity index (χ1v) is 8.44. The molecule has 0 amide bonds. The van der Waals surface area contributed by atoms with Crippen molar-refractivity contribution >= 4 is 23.1 Å². The van der Waals surface area contributed by atoms with Gasteiger partial charge in [0.05, 0.1) is 0 Å². The number of hydrogen-bond donors (Lipinski definition) is 0. The van der Waals surface area contributed by atoms with E-state index in [1.165, 1.54) is 22.2 Å². The van der Waals surface area contributed by atoms with Crippen LogP contribution < -0.4 is 0 Å². The molecule has 1 aliphatic carbocycles. The molecule has 0 fully saturated rings. The van der Waals surface area contributed by atoms with Gasteiger partial charge in [0.1, 0.15) is 0 Å². The summed E-state index contributed by atoms with van der Waals surface area (Å²) in [4.78, 5) is 0. The van der Waals surface area contributed by atoms with Gasteiger partial charge in [0.25, 0.3) is 0 Å². The zero-order valence-corrected chi connectivity index (χ0v) is 14.5. The topological polar surface area (TPSA) is 4.93 Å². The number of allylic oxidation sites excluding steroid dienone is 2. The van der Waals surface area contributed by atoms with E-state index in [4.69, 9.17) is 0 Å². The Morgan fingerprint density at radius 3 is 2.32 bits per heavy atom. The molecule has 1 nitrogen and oxygen atoms in total. The first-order chi connectivity index (χ1) is 10.4. The second kappa shape index (κ2) is 5.15. The molecule has 0 bridgehead atoms. The molecule has 0 aliphatic heterocycles. The molecule has 0 atom stereocenters. The molecule has 1 heterocycles. The largest absolute Gasteiger partial charge is 0.335 e. The van der Waals surface area contributed by atoms with Crippen molar-refractivity contribution in [2.24, 2.45) is 5.41 Å².